The van der Waals surface area contributed by atoms with Crippen molar-refractivity contribution in [1.82, 2.24) is 10.7 Å². The molecule has 27 heavy (non-hydrogen) atoms. The Kier molecular flexibility index (Phi) is 5.43. The van der Waals surface area contributed by atoms with Crippen molar-refractivity contribution in [2.75, 3.05) is 5.43 Å². The van der Waals surface area contributed by atoms with Crippen LogP contribution < -0.4 is 16.2 Å². The Balaban J connectivity index is 1.62. The van der Waals surface area contributed by atoms with Crippen molar-refractivity contribution in [2.45, 2.75) is 0 Å². The normalized spacial score (nSPS) is 10.1. The largest absolute Gasteiger partial charge is 0.451 e. The zero-order valence-corrected chi connectivity index (χ0v) is 14.7. The summed E-state index contributed by atoms with van der Waals surface area (Å²) in [5, 5.41) is 13.4. The predicted octanol–water partition coefficient (Wildman–Crippen LogP) is 3.49. The summed E-state index contributed by atoms with van der Waals surface area (Å²) in [7, 11) is 0. The van der Waals surface area contributed by atoms with Crippen molar-refractivity contribution in [3.63, 3.8) is 0 Å². The maximum absolute atomic E-state index is 12.2. The van der Waals surface area contributed by atoms with Crippen LogP contribution in [-0.4, -0.2) is 15.9 Å². The van der Waals surface area contributed by atoms with E-state index in [-0.39, 0.29) is 16.6 Å². The fraction of sp³-hybridized carbons (Fsp3) is 0. The number of non-ortho nitro benzene ring substituents is 1. The molecule has 1 amide bonds. The number of thiocarbonyl (C=S) groups is 1. The Morgan fingerprint density at radius 2 is 1.81 bits per heavy atom. The van der Waals surface area contributed by atoms with Crippen molar-refractivity contribution >= 4 is 34.6 Å². The van der Waals surface area contributed by atoms with E-state index >= 15 is 0 Å². The number of benzene rings is 2. The van der Waals surface area contributed by atoms with Crippen molar-refractivity contribution in [2.24, 2.45) is 0 Å². The minimum absolute atomic E-state index is 0.0281. The van der Waals surface area contributed by atoms with Gasteiger partial charge in [-0.25, -0.2) is 0 Å². The second kappa shape index (κ2) is 8.11. The lowest BCUT2D eigenvalue weighted by atomic mass is 10.1. The summed E-state index contributed by atoms with van der Waals surface area (Å²) in [6.07, 6.45) is 0. The number of furan rings is 1. The number of hydrogen-bond donors (Lipinski definition) is 3. The van der Waals surface area contributed by atoms with Crippen LogP contribution in [0.1, 0.15) is 10.6 Å². The highest BCUT2D eigenvalue weighted by molar-refractivity contribution is 7.80. The molecule has 0 aliphatic carbocycles. The minimum Gasteiger partial charge on any atom is -0.451 e. The van der Waals surface area contributed by atoms with E-state index in [1.54, 1.807) is 18.2 Å². The van der Waals surface area contributed by atoms with Gasteiger partial charge >= 0.3 is 0 Å². The van der Waals surface area contributed by atoms with E-state index in [1.165, 1.54) is 18.2 Å². The van der Waals surface area contributed by atoms with Crippen molar-refractivity contribution in [3.05, 3.63) is 82.6 Å². The van der Waals surface area contributed by atoms with Crippen molar-refractivity contribution in [1.29, 1.82) is 0 Å². The van der Waals surface area contributed by atoms with Gasteiger partial charge in [0.15, 0.2) is 10.9 Å². The van der Waals surface area contributed by atoms with Gasteiger partial charge in [0.25, 0.3) is 11.6 Å². The first-order chi connectivity index (χ1) is 13.0. The van der Waals surface area contributed by atoms with Gasteiger partial charge in [0.1, 0.15) is 5.76 Å². The minimum atomic E-state index is -0.543. The number of amides is 1. The molecule has 1 heterocycles. The van der Waals surface area contributed by atoms with Crippen LogP contribution in [-0.2, 0) is 0 Å². The second-order valence-corrected chi connectivity index (χ2v) is 5.78. The van der Waals surface area contributed by atoms with Crippen LogP contribution >= 0.6 is 12.2 Å². The second-order valence-electron chi connectivity index (χ2n) is 5.37. The molecule has 0 atom stereocenters. The van der Waals surface area contributed by atoms with Crippen LogP contribution in [0.25, 0.3) is 11.3 Å². The summed E-state index contributed by atoms with van der Waals surface area (Å²) in [6, 6.07) is 18.2. The molecule has 3 N–H and O–H groups in total. The Morgan fingerprint density at radius 3 is 2.56 bits per heavy atom. The highest BCUT2D eigenvalue weighted by atomic mass is 32.1. The molecular weight excluding hydrogens is 368 g/mol. The molecule has 136 valence electrons. The molecule has 0 spiro atoms. The third-order valence-corrected chi connectivity index (χ3v) is 3.70. The van der Waals surface area contributed by atoms with Gasteiger partial charge in [0.05, 0.1) is 10.6 Å². The third kappa shape index (κ3) is 4.67. The summed E-state index contributed by atoms with van der Waals surface area (Å²) < 4.78 is 5.49. The van der Waals surface area contributed by atoms with Crippen molar-refractivity contribution in [3.8, 4) is 11.3 Å². The van der Waals surface area contributed by atoms with E-state index in [9.17, 15) is 14.9 Å². The molecule has 0 fully saturated rings. The zero-order valence-electron chi connectivity index (χ0n) is 13.8. The number of carbonyl (C=O) groups excluding carboxylic acids is 1. The van der Waals surface area contributed by atoms with Gasteiger partial charge in [0, 0.05) is 17.7 Å². The monoisotopic (exact) mass is 382 g/mol. The molecule has 0 saturated heterocycles. The number of hydrogen-bond acceptors (Lipinski definition) is 6. The lowest BCUT2D eigenvalue weighted by Gasteiger charge is -2.10. The summed E-state index contributed by atoms with van der Waals surface area (Å²) in [5.41, 5.74) is 6.75. The zero-order chi connectivity index (χ0) is 19.2. The summed E-state index contributed by atoms with van der Waals surface area (Å²) >= 11 is 5.05. The number of para-hydroxylation sites is 1. The summed E-state index contributed by atoms with van der Waals surface area (Å²) in [4.78, 5) is 22.6. The topological polar surface area (TPSA) is 109 Å². The quantitative estimate of drug-likeness (QED) is 0.352. The molecule has 1 aromatic heterocycles. The van der Waals surface area contributed by atoms with E-state index in [1.807, 2.05) is 30.3 Å². The maximum atomic E-state index is 12.2. The molecule has 0 aliphatic rings. The molecule has 8 nitrogen and oxygen atoms in total. The maximum Gasteiger partial charge on any atom is 0.293 e. The molecule has 3 rings (SSSR count). The smallest absolute Gasteiger partial charge is 0.293 e. The molecular formula is C18H14N4O4S. The number of rotatable bonds is 5. The van der Waals surface area contributed by atoms with Crippen LogP contribution in [0.4, 0.5) is 11.4 Å². The average molecular weight is 382 g/mol. The first-order valence-corrected chi connectivity index (χ1v) is 8.21. The number of carbonyl (C=O) groups is 1. The van der Waals surface area contributed by atoms with Crippen molar-refractivity contribution < 1.29 is 14.1 Å². The molecule has 0 radical (unpaired) electrons. The number of nitro groups is 1. The van der Waals surface area contributed by atoms with E-state index in [4.69, 9.17) is 16.6 Å². The average Bonchev–Trinajstić information content (AvgIpc) is 3.18. The molecule has 0 saturated carbocycles. The Bertz CT molecular complexity index is 988. The highest BCUT2D eigenvalue weighted by Gasteiger charge is 2.15. The van der Waals surface area contributed by atoms with E-state index in [0.717, 1.165) is 5.69 Å². The number of nitro benzene ring substituents is 1. The molecule has 3 aromatic rings. The van der Waals surface area contributed by atoms with Gasteiger partial charge in [-0.2, -0.15) is 0 Å². The molecule has 0 bridgehead atoms. The van der Waals surface area contributed by atoms with Gasteiger partial charge in [0.2, 0.25) is 0 Å². The fourth-order valence-electron chi connectivity index (χ4n) is 2.23. The standard InChI is InChI=1S/C18H14N4O4S/c23-17(19-18(27)21-20-13-6-2-1-3-7-13)16-10-9-15(26-16)12-5-4-8-14(11-12)22(24)25/h1-11,20H,(H2,19,21,23,27). The molecule has 0 aliphatic heterocycles. The molecule has 0 unspecified atom stereocenters. The van der Waals surface area contributed by atoms with Crippen LogP contribution in [0.15, 0.2) is 71.1 Å². The van der Waals surface area contributed by atoms with Crippen LogP contribution in [0.5, 0.6) is 0 Å². The number of nitrogens with zero attached hydrogens (tertiary/aromatic N) is 1. The van der Waals surface area contributed by atoms with Crippen LogP contribution in [0.3, 0.4) is 0 Å². The van der Waals surface area contributed by atoms with Crippen LogP contribution in [0, 0.1) is 10.1 Å². The third-order valence-electron chi connectivity index (χ3n) is 3.49. The van der Waals surface area contributed by atoms with E-state index < -0.39 is 10.8 Å². The van der Waals surface area contributed by atoms with Gasteiger partial charge in [-0.3, -0.25) is 31.1 Å². The fourth-order valence-corrected chi connectivity index (χ4v) is 2.38. The number of hydrazine groups is 1. The predicted molar refractivity (Wildman–Crippen MR) is 104 cm³/mol. The van der Waals surface area contributed by atoms with Crippen LogP contribution in [0.2, 0.25) is 0 Å². The molecule has 9 heteroatoms. The first-order valence-electron chi connectivity index (χ1n) is 7.80. The summed E-state index contributed by atoms with van der Waals surface area (Å²) in [6.45, 7) is 0. The van der Waals surface area contributed by atoms with Gasteiger partial charge in [-0.05, 0) is 36.5 Å². The summed E-state index contributed by atoms with van der Waals surface area (Å²) in [5.74, 6) is -0.176. The number of anilines is 1. The Hall–Kier alpha value is -3.72. The Labute approximate surface area is 159 Å². The van der Waals surface area contributed by atoms with E-state index in [2.05, 4.69) is 16.2 Å². The van der Waals surface area contributed by atoms with Gasteiger partial charge < -0.3 is 4.42 Å². The number of nitrogens with one attached hydrogen (secondary N) is 3. The lowest BCUT2D eigenvalue weighted by molar-refractivity contribution is -0.384. The SMILES string of the molecule is O=C(NC(=S)NNc1ccccc1)c1ccc(-c2cccc([N+](=O)[O-])c2)o1. The highest BCUT2D eigenvalue weighted by Crippen LogP contribution is 2.25. The first kappa shape index (κ1) is 18.1. The van der Waals surface area contributed by atoms with Gasteiger partial charge in [-0.1, -0.05) is 30.3 Å². The Morgan fingerprint density at radius 1 is 1.04 bits per heavy atom. The van der Waals surface area contributed by atoms with E-state index in [0.29, 0.717) is 11.3 Å². The van der Waals surface area contributed by atoms with Gasteiger partial charge in [-0.15, -0.1) is 0 Å². The molecule has 2 aromatic carbocycles. The lowest BCUT2D eigenvalue weighted by Crippen LogP contribution is -2.41.